The van der Waals surface area contributed by atoms with E-state index in [-0.39, 0.29) is 23.7 Å². The van der Waals surface area contributed by atoms with E-state index in [1.807, 2.05) is 60.7 Å². The summed E-state index contributed by atoms with van der Waals surface area (Å²) in [6.45, 7) is 9.56. The summed E-state index contributed by atoms with van der Waals surface area (Å²) in [5.74, 6) is 1.66. The summed E-state index contributed by atoms with van der Waals surface area (Å²) in [6, 6.07) is 19.8. The van der Waals surface area contributed by atoms with E-state index in [9.17, 15) is 9.59 Å². The highest BCUT2D eigenvalue weighted by molar-refractivity contribution is 7.16. The van der Waals surface area contributed by atoms with Gasteiger partial charge >= 0.3 is 0 Å². The number of rotatable bonds is 6. The van der Waals surface area contributed by atoms with Crippen molar-refractivity contribution in [3.63, 3.8) is 0 Å². The highest BCUT2D eigenvalue weighted by Crippen LogP contribution is 2.44. The lowest BCUT2D eigenvalue weighted by Crippen LogP contribution is -2.37. The van der Waals surface area contributed by atoms with Crippen LogP contribution in [0.1, 0.15) is 43.8 Å². The molecule has 2 amide bonds. The number of thiophene rings is 2. The number of halogens is 2. The van der Waals surface area contributed by atoms with E-state index in [4.69, 9.17) is 32.7 Å². The highest BCUT2D eigenvalue weighted by Gasteiger charge is 2.33. The molecule has 4 heterocycles. The van der Waals surface area contributed by atoms with Crippen LogP contribution >= 0.6 is 45.9 Å². The third-order valence-corrected chi connectivity index (χ3v) is 10.4. The Bertz CT molecular complexity index is 1570. The van der Waals surface area contributed by atoms with Crippen LogP contribution in [0.15, 0.2) is 86.0 Å². The Hall–Kier alpha value is -3.56. The van der Waals surface area contributed by atoms with Gasteiger partial charge < -0.3 is 19.3 Å². The average molecular weight is 668 g/mol. The van der Waals surface area contributed by atoms with Gasteiger partial charge in [0.25, 0.3) is 0 Å². The Morgan fingerprint density at radius 2 is 1.11 bits per heavy atom. The number of ether oxygens (including phenoxy) is 2. The van der Waals surface area contributed by atoms with E-state index < -0.39 is 0 Å². The van der Waals surface area contributed by atoms with Gasteiger partial charge in [0.2, 0.25) is 11.8 Å². The molecule has 0 fully saturated rings. The fourth-order valence-corrected chi connectivity index (χ4v) is 8.52. The van der Waals surface area contributed by atoms with Crippen LogP contribution < -0.4 is 9.47 Å². The second-order valence-electron chi connectivity index (χ2n) is 10.3. The fraction of sp³-hybridized carbons (Fsp3) is 0.235. The number of nitrogens with zero attached hydrogens (tertiary/aromatic N) is 2. The summed E-state index contributed by atoms with van der Waals surface area (Å²) < 4.78 is 12.5. The summed E-state index contributed by atoms with van der Waals surface area (Å²) in [4.78, 5) is 30.0. The molecule has 0 radical (unpaired) electrons. The average Bonchev–Trinajstić information content (AvgIpc) is 3.63. The molecule has 0 saturated heterocycles. The molecule has 10 heteroatoms. The van der Waals surface area contributed by atoms with Crippen molar-refractivity contribution < 1.29 is 19.1 Å². The van der Waals surface area contributed by atoms with Gasteiger partial charge in [0.1, 0.15) is 11.5 Å². The largest absolute Gasteiger partial charge is 0.496 e. The molecule has 0 bridgehead atoms. The molecular weight excluding hydrogens is 635 g/mol. The van der Waals surface area contributed by atoms with E-state index in [0.29, 0.717) is 26.2 Å². The molecule has 4 aromatic rings. The molecule has 6 rings (SSSR count). The maximum Gasteiger partial charge on any atom is 0.246 e. The molecule has 2 aromatic carbocycles. The molecule has 44 heavy (non-hydrogen) atoms. The van der Waals surface area contributed by atoms with Crippen LogP contribution in [0.2, 0.25) is 8.67 Å². The summed E-state index contributed by atoms with van der Waals surface area (Å²) in [5, 5.41) is 0. The van der Waals surface area contributed by atoms with Gasteiger partial charge in [-0.05, 0) is 47.5 Å². The summed E-state index contributed by atoms with van der Waals surface area (Å²) in [7, 11) is 3.33. The number of hydrogen-bond donors (Lipinski definition) is 0. The molecule has 0 aliphatic carbocycles. The zero-order valence-corrected chi connectivity index (χ0v) is 27.6. The number of hydrogen-bond acceptors (Lipinski definition) is 6. The predicted molar refractivity (Wildman–Crippen MR) is 180 cm³/mol. The number of fused-ring (bicyclic) bond motifs is 2. The van der Waals surface area contributed by atoms with E-state index >= 15 is 0 Å². The molecule has 228 valence electrons. The Balaban J connectivity index is 0.000000175. The zero-order chi connectivity index (χ0) is 31.4. The zero-order valence-electron chi connectivity index (χ0n) is 24.4. The van der Waals surface area contributed by atoms with Crippen molar-refractivity contribution in [2.24, 2.45) is 0 Å². The second kappa shape index (κ2) is 14.0. The SMILES string of the molecule is C=CC(=O)N1Cc2sc(Cl)cc2[C@@H](c2ccccc2OC)C1.C=CC(=O)N1Cc2sc(Cl)cc2[C@H](c2ccccc2OC)C1. The van der Waals surface area contributed by atoms with Gasteiger partial charge in [-0.3, -0.25) is 9.59 Å². The van der Waals surface area contributed by atoms with Crippen LogP contribution in [0.5, 0.6) is 11.5 Å². The number of carbonyl (C=O) groups excluding carboxylic acids is 2. The number of para-hydroxylation sites is 2. The quantitative estimate of drug-likeness (QED) is 0.195. The molecule has 6 nitrogen and oxygen atoms in total. The maximum absolute atomic E-state index is 12.1. The van der Waals surface area contributed by atoms with Crippen LogP contribution in [-0.2, 0) is 22.7 Å². The minimum atomic E-state index is -0.0601. The molecule has 0 saturated carbocycles. The monoisotopic (exact) mass is 666 g/mol. The van der Waals surface area contributed by atoms with Gasteiger partial charge in [-0.25, -0.2) is 0 Å². The maximum atomic E-state index is 12.1. The van der Waals surface area contributed by atoms with E-state index in [1.54, 1.807) is 24.0 Å². The minimum absolute atomic E-state index is 0.0601. The number of amides is 2. The summed E-state index contributed by atoms with van der Waals surface area (Å²) in [6.07, 6.45) is 2.72. The molecule has 0 unspecified atom stereocenters. The van der Waals surface area contributed by atoms with Gasteiger partial charge in [0.05, 0.1) is 36.0 Å². The Morgan fingerprint density at radius 3 is 1.48 bits per heavy atom. The van der Waals surface area contributed by atoms with E-state index in [0.717, 1.165) is 41.1 Å². The van der Waals surface area contributed by atoms with Gasteiger partial charge in [0, 0.05) is 45.8 Å². The number of carbonyl (C=O) groups is 2. The van der Waals surface area contributed by atoms with Crippen LogP contribution in [0.25, 0.3) is 0 Å². The fourth-order valence-electron chi connectivity index (χ4n) is 5.80. The van der Waals surface area contributed by atoms with E-state index in [1.165, 1.54) is 46.0 Å². The molecule has 2 atom stereocenters. The van der Waals surface area contributed by atoms with Crippen molar-refractivity contribution in [3.05, 3.63) is 127 Å². The third-order valence-electron chi connectivity index (χ3n) is 7.85. The molecule has 2 aliphatic rings. The minimum Gasteiger partial charge on any atom is -0.496 e. The number of methoxy groups -OCH3 is 2. The van der Waals surface area contributed by atoms with Crippen molar-refractivity contribution in [1.82, 2.24) is 9.80 Å². The molecular formula is C34H32Cl2N2O4S2. The van der Waals surface area contributed by atoms with Crippen molar-refractivity contribution in [2.75, 3.05) is 27.3 Å². The first kappa shape index (κ1) is 31.9. The van der Waals surface area contributed by atoms with Gasteiger partial charge in [-0.15, -0.1) is 22.7 Å². The number of benzene rings is 2. The van der Waals surface area contributed by atoms with E-state index in [2.05, 4.69) is 13.2 Å². The smallest absolute Gasteiger partial charge is 0.246 e. The lowest BCUT2D eigenvalue weighted by molar-refractivity contribution is -0.127. The Kier molecular flexibility index (Phi) is 10.2. The lowest BCUT2D eigenvalue weighted by atomic mass is 9.88. The van der Waals surface area contributed by atoms with Crippen LogP contribution in [0.4, 0.5) is 0 Å². The van der Waals surface area contributed by atoms with Crippen molar-refractivity contribution in [3.8, 4) is 11.5 Å². The predicted octanol–water partition coefficient (Wildman–Crippen LogP) is 8.14. The van der Waals surface area contributed by atoms with Crippen molar-refractivity contribution in [1.29, 1.82) is 0 Å². The van der Waals surface area contributed by atoms with Gasteiger partial charge in [-0.1, -0.05) is 72.8 Å². The van der Waals surface area contributed by atoms with Crippen molar-refractivity contribution >= 4 is 57.7 Å². The third kappa shape index (κ3) is 6.59. The first-order chi connectivity index (χ1) is 21.3. The normalized spacial score (nSPS) is 17.0. The van der Waals surface area contributed by atoms with Gasteiger partial charge in [0.15, 0.2) is 0 Å². The van der Waals surface area contributed by atoms with Crippen LogP contribution in [0.3, 0.4) is 0 Å². The van der Waals surface area contributed by atoms with Crippen LogP contribution in [0, 0.1) is 0 Å². The van der Waals surface area contributed by atoms with Crippen LogP contribution in [-0.4, -0.2) is 48.9 Å². The van der Waals surface area contributed by atoms with Crippen molar-refractivity contribution in [2.45, 2.75) is 24.9 Å². The Morgan fingerprint density at radius 1 is 0.727 bits per heavy atom. The molecule has 2 aliphatic heterocycles. The van der Waals surface area contributed by atoms with Gasteiger partial charge in [-0.2, -0.15) is 0 Å². The molecule has 2 aromatic heterocycles. The lowest BCUT2D eigenvalue weighted by Gasteiger charge is -2.33. The molecule has 0 spiro atoms. The highest BCUT2D eigenvalue weighted by atomic mass is 35.5. The molecule has 0 N–H and O–H groups in total. The second-order valence-corrected chi connectivity index (χ2v) is 13.8. The standard InChI is InChI=1S/2C17H16ClNO2S/c2*1-3-17(20)19-9-13(11-6-4-5-7-14(11)21-2)12-8-16(18)22-15(12)10-19/h2*3-8,13H,1,9-10H2,2H3/t2*13-/m10/s1. The summed E-state index contributed by atoms with van der Waals surface area (Å²) in [5.41, 5.74) is 4.52. The first-order valence-corrected chi connectivity index (χ1v) is 16.3. The first-order valence-electron chi connectivity index (χ1n) is 13.9. The summed E-state index contributed by atoms with van der Waals surface area (Å²) >= 11 is 15.5. The topological polar surface area (TPSA) is 59.1 Å². The Labute approximate surface area is 275 Å².